The SMILES string of the molecule is CNc1c(F)cccc1C(=O)Nc1ccc(F)cc1C. The predicted molar refractivity (Wildman–Crippen MR) is 75.0 cm³/mol. The Balaban J connectivity index is 2.31. The highest BCUT2D eigenvalue weighted by Gasteiger charge is 2.15. The van der Waals surface area contributed by atoms with Crippen LogP contribution in [-0.4, -0.2) is 13.0 Å². The van der Waals surface area contributed by atoms with E-state index in [-0.39, 0.29) is 17.1 Å². The van der Waals surface area contributed by atoms with E-state index < -0.39 is 11.7 Å². The zero-order valence-corrected chi connectivity index (χ0v) is 11.1. The van der Waals surface area contributed by atoms with Gasteiger partial charge >= 0.3 is 0 Å². The van der Waals surface area contributed by atoms with Crippen molar-refractivity contribution in [2.45, 2.75) is 6.92 Å². The summed E-state index contributed by atoms with van der Waals surface area (Å²) in [6, 6.07) is 8.30. The lowest BCUT2D eigenvalue weighted by Gasteiger charge is -2.12. The van der Waals surface area contributed by atoms with E-state index in [1.54, 1.807) is 14.0 Å². The molecule has 1 amide bonds. The Morgan fingerprint density at radius 2 is 1.90 bits per heavy atom. The van der Waals surface area contributed by atoms with Crippen molar-refractivity contribution in [1.82, 2.24) is 0 Å². The van der Waals surface area contributed by atoms with Crippen LogP contribution in [0, 0.1) is 18.6 Å². The van der Waals surface area contributed by atoms with Gasteiger partial charge in [-0.05, 0) is 42.8 Å². The first-order valence-electron chi connectivity index (χ1n) is 6.06. The van der Waals surface area contributed by atoms with Crippen LogP contribution in [0.2, 0.25) is 0 Å². The second-order valence-corrected chi connectivity index (χ2v) is 4.33. The molecule has 0 aromatic heterocycles. The third-order valence-electron chi connectivity index (χ3n) is 2.94. The van der Waals surface area contributed by atoms with Crippen molar-refractivity contribution in [1.29, 1.82) is 0 Å². The van der Waals surface area contributed by atoms with E-state index in [1.165, 1.54) is 36.4 Å². The summed E-state index contributed by atoms with van der Waals surface area (Å²) in [6.07, 6.45) is 0. The molecule has 0 spiro atoms. The summed E-state index contributed by atoms with van der Waals surface area (Å²) in [4.78, 5) is 12.2. The molecule has 2 N–H and O–H groups in total. The Labute approximate surface area is 115 Å². The van der Waals surface area contributed by atoms with Crippen LogP contribution in [0.5, 0.6) is 0 Å². The maximum absolute atomic E-state index is 13.6. The van der Waals surface area contributed by atoms with E-state index in [9.17, 15) is 13.6 Å². The van der Waals surface area contributed by atoms with Gasteiger partial charge in [0.2, 0.25) is 0 Å². The summed E-state index contributed by atoms with van der Waals surface area (Å²) in [7, 11) is 1.54. The minimum atomic E-state index is -0.504. The average molecular weight is 276 g/mol. The van der Waals surface area contributed by atoms with Gasteiger partial charge in [-0.1, -0.05) is 6.07 Å². The fraction of sp³-hybridized carbons (Fsp3) is 0.133. The number of para-hydroxylation sites is 1. The third kappa shape index (κ3) is 2.77. The fourth-order valence-electron chi connectivity index (χ4n) is 1.92. The summed E-state index contributed by atoms with van der Waals surface area (Å²) in [5.74, 6) is -1.33. The standard InChI is InChI=1S/C15H14F2N2O/c1-9-8-10(16)6-7-13(9)19-15(20)11-4-3-5-12(17)14(11)18-2/h3-8,18H,1-2H3,(H,19,20). The topological polar surface area (TPSA) is 41.1 Å². The van der Waals surface area contributed by atoms with Crippen LogP contribution in [0.25, 0.3) is 0 Å². The highest BCUT2D eigenvalue weighted by atomic mass is 19.1. The maximum Gasteiger partial charge on any atom is 0.257 e. The molecule has 104 valence electrons. The van der Waals surface area contributed by atoms with Crippen LogP contribution >= 0.6 is 0 Å². The number of hydrogen-bond acceptors (Lipinski definition) is 2. The largest absolute Gasteiger partial charge is 0.385 e. The summed E-state index contributed by atoms with van der Waals surface area (Å²) >= 11 is 0. The Bertz CT molecular complexity index is 656. The number of nitrogens with one attached hydrogen (secondary N) is 2. The normalized spacial score (nSPS) is 10.2. The van der Waals surface area contributed by atoms with Gasteiger partial charge in [-0.3, -0.25) is 4.79 Å². The fourth-order valence-corrected chi connectivity index (χ4v) is 1.92. The van der Waals surface area contributed by atoms with E-state index in [2.05, 4.69) is 10.6 Å². The molecule has 0 saturated heterocycles. The van der Waals surface area contributed by atoms with Crippen LogP contribution in [-0.2, 0) is 0 Å². The molecule has 0 atom stereocenters. The highest BCUT2D eigenvalue weighted by molar-refractivity contribution is 6.08. The molecule has 2 rings (SSSR count). The van der Waals surface area contributed by atoms with Crippen molar-refractivity contribution in [3.63, 3.8) is 0 Å². The quantitative estimate of drug-likeness (QED) is 0.899. The van der Waals surface area contributed by atoms with Crippen molar-refractivity contribution in [2.24, 2.45) is 0 Å². The van der Waals surface area contributed by atoms with Gasteiger partial charge in [-0.15, -0.1) is 0 Å². The van der Waals surface area contributed by atoms with Crippen molar-refractivity contribution in [3.8, 4) is 0 Å². The Kier molecular flexibility index (Phi) is 3.98. The van der Waals surface area contributed by atoms with E-state index in [0.29, 0.717) is 11.3 Å². The van der Waals surface area contributed by atoms with Gasteiger partial charge in [-0.2, -0.15) is 0 Å². The van der Waals surface area contributed by atoms with E-state index in [1.807, 2.05) is 0 Å². The molecular formula is C15H14F2N2O. The minimum absolute atomic E-state index is 0.129. The molecule has 0 aliphatic heterocycles. The molecule has 3 nitrogen and oxygen atoms in total. The number of anilines is 2. The molecule has 0 unspecified atom stereocenters. The molecular weight excluding hydrogens is 262 g/mol. The number of carbonyl (C=O) groups excluding carboxylic acids is 1. The van der Waals surface area contributed by atoms with E-state index >= 15 is 0 Å². The van der Waals surface area contributed by atoms with Gasteiger partial charge in [0.1, 0.15) is 11.6 Å². The van der Waals surface area contributed by atoms with Gasteiger partial charge in [0.05, 0.1) is 11.3 Å². The minimum Gasteiger partial charge on any atom is -0.385 e. The third-order valence-corrected chi connectivity index (χ3v) is 2.94. The molecule has 0 saturated carbocycles. The molecule has 20 heavy (non-hydrogen) atoms. The first kappa shape index (κ1) is 14.0. The zero-order valence-electron chi connectivity index (χ0n) is 11.1. The Morgan fingerprint density at radius 1 is 1.15 bits per heavy atom. The van der Waals surface area contributed by atoms with Crippen LogP contribution in [0.1, 0.15) is 15.9 Å². The Morgan fingerprint density at radius 3 is 2.55 bits per heavy atom. The number of rotatable bonds is 3. The van der Waals surface area contributed by atoms with Crippen molar-refractivity contribution >= 4 is 17.3 Å². The first-order valence-corrected chi connectivity index (χ1v) is 6.06. The number of hydrogen-bond donors (Lipinski definition) is 2. The van der Waals surface area contributed by atoms with Gasteiger partial charge in [0, 0.05) is 12.7 Å². The second-order valence-electron chi connectivity index (χ2n) is 4.33. The zero-order chi connectivity index (χ0) is 14.7. The van der Waals surface area contributed by atoms with Crippen LogP contribution < -0.4 is 10.6 Å². The maximum atomic E-state index is 13.6. The number of benzene rings is 2. The highest BCUT2D eigenvalue weighted by Crippen LogP contribution is 2.22. The Hall–Kier alpha value is -2.43. The van der Waals surface area contributed by atoms with E-state index in [4.69, 9.17) is 0 Å². The van der Waals surface area contributed by atoms with Crippen LogP contribution in [0.3, 0.4) is 0 Å². The number of halogens is 2. The summed E-state index contributed by atoms with van der Waals surface area (Å²) in [6.45, 7) is 1.68. The summed E-state index contributed by atoms with van der Waals surface area (Å²) in [5.41, 5.74) is 1.41. The molecule has 5 heteroatoms. The number of amides is 1. The van der Waals surface area contributed by atoms with Crippen molar-refractivity contribution in [3.05, 3.63) is 59.2 Å². The van der Waals surface area contributed by atoms with E-state index in [0.717, 1.165) is 0 Å². The molecule has 2 aromatic carbocycles. The smallest absolute Gasteiger partial charge is 0.257 e. The molecule has 0 aliphatic rings. The van der Waals surface area contributed by atoms with Gasteiger partial charge in [0.15, 0.2) is 0 Å². The van der Waals surface area contributed by atoms with Crippen molar-refractivity contribution < 1.29 is 13.6 Å². The molecule has 0 heterocycles. The number of carbonyl (C=O) groups is 1. The molecule has 2 aromatic rings. The number of aryl methyl sites for hydroxylation is 1. The summed E-state index contributed by atoms with van der Waals surface area (Å²) in [5, 5.41) is 5.30. The molecule has 0 bridgehead atoms. The lowest BCUT2D eigenvalue weighted by molar-refractivity contribution is 0.102. The van der Waals surface area contributed by atoms with Crippen LogP contribution in [0.4, 0.5) is 20.2 Å². The molecule has 0 radical (unpaired) electrons. The van der Waals surface area contributed by atoms with Crippen molar-refractivity contribution in [2.75, 3.05) is 17.7 Å². The first-order chi connectivity index (χ1) is 9.52. The van der Waals surface area contributed by atoms with Gasteiger partial charge in [0.25, 0.3) is 5.91 Å². The monoisotopic (exact) mass is 276 g/mol. The second kappa shape index (κ2) is 5.69. The molecule has 0 aliphatic carbocycles. The summed E-state index contributed by atoms with van der Waals surface area (Å²) < 4.78 is 26.6. The molecule has 0 fully saturated rings. The lowest BCUT2D eigenvalue weighted by atomic mass is 10.1. The lowest BCUT2D eigenvalue weighted by Crippen LogP contribution is -2.15. The van der Waals surface area contributed by atoms with Gasteiger partial charge < -0.3 is 10.6 Å². The average Bonchev–Trinajstić information content (AvgIpc) is 2.41. The van der Waals surface area contributed by atoms with Crippen LogP contribution in [0.15, 0.2) is 36.4 Å². The predicted octanol–water partition coefficient (Wildman–Crippen LogP) is 3.57. The van der Waals surface area contributed by atoms with Gasteiger partial charge in [-0.25, -0.2) is 8.78 Å².